The summed E-state index contributed by atoms with van der Waals surface area (Å²) in [6.07, 6.45) is 0. The highest BCUT2D eigenvalue weighted by molar-refractivity contribution is 9.19. The van der Waals surface area contributed by atoms with Gasteiger partial charge in [0.2, 0.25) is 0 Å². The predicted molar refractivity (Wildman–Crippen MR) is 62.1 cm³/mol. The molecule has 0 amide bonds. The predicted octanol–water partition coefficient (Wildman–Crippen LogP) is 3.05. The zero-order valence-electron chi connectivity index (χ0n) is 7.42. The highest BCUT2D eigenvalue weighted by atomic mass is 79.9. The smallest absolute Gasteiger partial charge is 0.187 e. The van der Waals surface area contributed by atoms with Gasteiger partial charge in [-0.15, -0.1) is 0 Å². The summed E-state index contributed by atoms with van der Waals surface area (Å²) < 4.78 is 0.257. The lowest BCUT2D eigenvalue weighted by atomic mass is 10.3. The van der Waals surface area contributed by atoms with E-state index in [1.165, 1.54) is 6.92 Å². The van der Waals surface area contributed by atoms with E-state index in [9.17, 15) is 4.79 Å². The van der Waals surface area contributed by atoms with Gasteiger partial charge in [-0.1, -0.05) is 11.6 Å². The Kier molecular flexibility index (Phi) is 4.10. The van der Waals surface area contributed by atoms with E-state index < -0.39 is 0 Å². The van der Waals surface area contributed by atoms with E-state index in [1.54, 1.807) is 24.3 Å². The number of ketones is 1. The molecule has 0 fully saturated rings. The highest BCUT2D eigenvalue weighted by Gasteiger charge is 1.99. The van der Waals surface area contributed by atoms with E-state index in [4.69, 9.17) is 11.6 Å². The van der Waals surface area contributed by atoms with Crippen molar-refractivity contribution in [1.29, 1.82) is 0 Å². The molecule has 0 atom stereocenters. The molecule has 0 aliphatic carbocycles. The molecule has 14 heavy (non-hydrogen) atoms. The summed E-state index contributed by atoms with van der Waals surface area (Å²) in [7, 11) is 0. The number of halogens is 2. The van der Waals surface area contributed by atoms with Gasteiger partial charge in [0.15, 0.2) is 10.4 Å². The number of hydrogen-bond donors (Lipinski definition) is 1. The summed E-state index contributed by atoms with van der Waals surface area (Å²) in [4.78, 5) is 10.8. The molecule has 0 aliphatic rings. The lowest BCUT2D eigenvalue weighted by Crippen LogP contribution is -2.03. The second-order valence-electron chi connectivity index (χ2n) is 2.58. The van der Waals surface area contributed by atoms with Crippen LogP contribution < -0.4 is 5.43 Å². The van der Waals surface area contributed by atoms with Gasteiger partial charge < -0.3 is 0 Å². The number of hydrazone groups is 1. The third kappa shape index (κ3) is 3.47. The summed E-state index contributed by atoms with van der Waals surface area (Å²) in [5, 5.41) is 4.47. The zero-order chi connectivity index (χ0) is 10.6. The Hall–Kier alpha value is -0.870. The minimum atomic E-state index is -0.133. The maximum Gasteiger partial charge on any atom is 0.187 e. The molecule has 0 spiro atoms. The van der Waals surface area contributed by atoms with Crippen molar-refractivity contribution in [2.24, 2.45) is 5.10 Å². The molecular weight excluding hydrogens is 267 g/mol. The summed E-state index contributed by atoms with van der Waals surface area (Å²) >= 11 is 8.72. The molecule has 0 saturated carbocycles. The standard InChI is InChI=1S/C9H8BrClN2O/c1-6(14)9(10)13-12-8-4-2-7(11)3-5-8/h2-5,12H,1H3/b13-9-. The number of carbonyl (C=O) groups excluding carboxylic acids is 1. The van der Waals surface area contributed by atoms with Crippen LogP contribution in [0.15, 0.2) is 29.4 Å². The molecule has 0 saturated heterocycles. The van der Waals surface area contributed by atoms with Crippen LogP contribution >= 0.6 is 27.5 Å². The van der Waals surface area contributed by atoms with Crippen LogP contribution in [0.4, 0.5) is 5.69 Å². The second-order valence-corrected chi connectivity index (χ2v) is 3.77. The first-order valence-electron chi connectivity index (χ1n) is 3.85. The normalized spacial score (nSPS) is 11.2. The van der Waals surface area contributed by atoms with Gasteiger partial charge in [-0.3, -0.25) is 10.2 Å². The Morgan fingerprint density at radius 3 is 2.50 bits per heavy atom. The quantitative estimate of drug-likeness (QED) is 0.680. The highest BCUT2D eigenvalue weighted by Crippen LogP contribution is 2.13. The first-order valence-corrected chi connectivity index (χ1v) is 5.02. The Balaban J connectivity index is 2.66. The van der Waals surface area contributed by atoms with Crippen molar-refractivity contribution in [2.45, 2.75) is 6.92 Å². The molecule has 0 aromatic heterocycles. The van der Waals surface area contributed by atoms with E-state index in [0.717, 1.165) is 5.69 Å². The number of Topliss-reactive ketones (excluding diaryl/α,β-unsaturated/α-hetero) is 1. The molecule has 0 heterocycles. The van der Waals surface area contributed by atoms with Crippen LogP contribution in [-0.4, -0.2) is 10.4 Å². The SMILES string of the molecule is CC(=O)/C(Br)=N/Nc1ccc(Cl)cc1. The maximum absolute atomic E-state index is 10.8. The lowest BCUT2D eigenvalue weighted by molar-refractivity contribution is -0.110. The van der Waals surface area contributed by atoms with E-state index in [1.807, 2.05) is 0 Å². The van der Waals surface area contributed by atoms with E-state index >= 15 is 0 Å². The van der Waals surface area contributed by atoms with Crippen molar-refractivity contribution >= 4 is 43.6 Å². The Morgan fingerprint density at radius 2 is 2.00 bits per heavy atom. The van der Waals surface area contributed by atoms with Crippen LogP contribution in [-0.2, 0) is 4.79 Å². The van der Waals surface area contributed by atoms with Crippen molar-refractivity contribution in [3.8, 4) is 0 Å². The summed E-state index contributed by atoms with van der Waals surface area (Å²) in [6.45, 7) is 1.43. The molecule has 1 rings (SSSR count). The van der Waals surface area contributed by atoms with Crippen molar-refractivity contribution in [1.82, 2.24) is 0 Å². The van der Waals surface area contributed by atoms with Gasteiger partial charge in [0.05, 0.1) is 5.69 Å². The Morgan fingerprint density at radius 1 is 1.43 bits per heavy atom. The van der Waals surface area contributed by atoms with Crippen LogP contribution in [0.5, 0.6) is 0 Å². The van der Waals surface area contributed by atoms with Crippen molar-refractivity contribution in [3.63, 3.8) is 0 Å². The molecule has 0 radical (unpaired) electrons. The monoisotopic (exact) mass is 274 g/mol. The molecule has 0 bridgehead atoms. The minimum absolute atomic E-state index is 0.133. The molecule has 0 aliphatic heterocycles. The minimum Gasteiger partial charge on any atom is -0.292 e. The molecule has 74 valence electrons. The van der Waals surface area contributed by atoms with Gasteiger partial charge in [-0.25, -0.2) is 0 Å². The van der Waals surface area contributed by atoms with Crippen LogP contribution in [0, 0.1) is 0 Å². The van der Waals surface area contributed by atoms with Crippen molar-refractivity contribution in [2.75, 3.05) is 5.43 Å². The molecule has 0 unspecified atom stereocenters. The summed E-state index contributed by atoms with van der Waals surface area (Å²) in [5.74, 6) is -0.133. The number of benzene rings is 1. The molecule has 1 N–H and O–H groups in total. The lowest BCUT2D eigenvalue weighted by Gasteiger charge is -1.99. The van der Waals surface area contributed by atoms with Crippen LogP contribution in [0.25, 0.3) is 0 Å². The first-order chi connectivity index (χ1) is 6.59. The average molecular weight is 276 g/mol. The number of hydrogen-bond acceptors (Lipinski definition) is 3. The number of nitrogens with zero attached hydrogens (tertiary/aromatic N) is 1. The van der Waals surface area contributed by atoms with Crippen molar-refractivity contribution in [3.05, 3.63) is 29.3 Å². The van der Waals surface area contributed by atoms with Crippen LogP contribution in [0.3, 0.4) is 0 Å². The van der Waals surface area contributed by atoms with E-state index in [0.29, 0.717) is 5.02 Å². The second kappa shape index (κ2) is 5.12. The molecule has 5 heteroatoms. The molecular formula is C9H8BrClN2O. The Labute approximate surface area is 95.3 Å². The van der Waals surface area contributed by atoms with Gasteiger partial charge in [0, 0.05) is 11.9 Å². The topological polar surface area (TPSA) is 41.5 Å². The maximum atomic E-state index is 10.8. The van der Waals surface area contributed by atoms with E-state index in [-0.39, 0.29) is 10.4 Å². The third-order valence-corrected chi connectivity index (χ3v) is 2.41. The van der Waals surface area contributed by atoms with Gasteiger partial charge in [-0.2, -0.15) is 5.10 Å². The average Bonchev–Trinajstić information content (AvgIpc) is 2.16. The van der Waals surface area contributed by atoms with Crippen LogP contribution in [0.2, 0.25) is 5.02 Å². The van der Waals surface area contributed by atoms with Crippen LogP contribution in [0.1, 0.15) is 6.92 Å². The first kappa shape index (κ1) is 11.2. The number of rotatable bonds is 3. The number of anilines is 1. The molecule has 1 aromatic carbocycles. The molecule has 3 nitrogen and oxygen atoms in total. The summed E-state index contributed by atoms with van der Waals surface area (Å²) in [5.41, 5.74) is 3.49. The fourth-order valence-corrected chi connectivity index (χ4v) is 0.931. The number of nitrogens with one attached hydrogen (secondary N) is 1. The molecule has 1 aromatic rings. The third-order valence-electron chi connectivity index (χ3n) is 1.42. The van der Waals surface area contributed by atoms with Gasteiger partial charge in [0.25, 0.3) is 0 Å². The van der Waals surface area contributed by atoms with Gasteiger partial charge >= 0.3 is 0 Å². The van der Waals surface area contributed by atoms with E-state index in [2.05, 4.69) is 26.5 Å². The fraction of sp³-hybridized carbons (Fsp3) is 0.111. The zero-order valence-corrected chi connectivity index (χ0v) is 9.76. The largest absolute Gasteiger partial charge is 0.292 e. The van der Waals surface area contributed by atoms with Gasteiger partial charge in [0.1, 0.15) is 0 Å². The van der Waals surface area contributed by atoms with Gasteiger partial charge in [-0.05, 0) is 40.2 Å². The number of carbonyl (C=O) groups is 1. The fourth-order valence-electron chi connectivity index (χ4n) is 0.717. The summed E-state index contributed by atoms with van der Waals surface area (Å²) in [6, 6.07) is 7.01. The van der Waals surface area contributed by atoms with Crippen molar-refractivity contribution < 1.29 is 4.79 Å². The Bertz CT molecular complexity index is 362.